The topological polar surface area (TPSA) is 69.2 Å². The Balaban J connectivity index is 1.60. The van der Waals surface area contributed by atoms with Crippen molar-refractivity contribution in [2.45, 2.75) is 71.3 Å². The van der Waals surface area contributed by atoms with Gasteiger partial charge in [0.15, 0.2) is 8.32 Å². The molecule has 42 heavy (non-hydrogen) atoms. The molecule has 10 heteroatoms. The molecule has 1 N–H and O–H groups in total. The highest BCUT2D eigenvalue weighted by molar-refractivity contribution is 6.74. The monoisotopic (exact) mass is 596 g/mol. The van der Waals surface area contributed by atoms with Crippen molar-refractivity contribution in [2.75, 3.05) is 18.5 Å². The Labute approximate surface area is 246 Å². The van der Waals surface area contributed by atoms with Gasteiger partial charge in [-0.1, -0.05) is 53.7 Å². The number of benzene rings is 2. The van der Waals surface area contributed by atoms with Gasteiger partial charge in [-0.25, -0.2) is 9.97 Å². The lowest BCUT2D eigenvalue weighted by atomic mass is 9.86. The van der Waals surface area contributed by atoms with Gasteiger partial charge < -0.3 is 14.5 Å². The lowest BCUT2D eigenvalue weighted by Crippen LogP contribution is -2.41. The highest BCUT2D eigenvalue weighted by Crippen LogP contribution is 2.39. The number of hydrogen-bond donors (Lipinski definition) is 1. The minimum absolute atomic E-state index is 0.118. The summed E-state index contributed by atoms with van der Waals surface area (Å²) >= 11 is 0. The number of aromatic nitrogens is 3. The van der Waals surface area contributed by atoms with E-state index in [0.717, 1.165) is 23.1 Å². The van der Waals surface area contributed by atoms with Gasteiger partial charge in [0.25, 0.3) is 0 Å². The molecule has 0 aliphatic heterocycles. The van der Waals surface area contributed by atoms with Gasteiger partial charge in [-0.2, -0.15) is 13.2 Å². The van der Waals surface area contributed by atoms with Crippen LogP contribution in [-0.4, -0.2) is 36.5 Å². The molecular weight excluding hydrogens is 557 g/mol. The zero-order valence-corrected chi connectivity index (χ0v) is 26.5. The first-order valence-corrected chi connectivity index (χ1v) is 16.8. The maximum atomic E-state index is 13.6. The third kappa shape index (κ3) is 7.10. The maximum Gasteiger partial charge on any atom is 0.418 e. The second-order valence-electron chi connectivity index (χ2n) is 12.9. The average molecular weight is 597 g/mol. The molecule has 0 amide bonds. The molecular formula is C32H39F3N4O2Si. The first-order chi connectivity index (χ1) is 19.5. The van der Waals surface area contributed by atoms with Crippen LogP contribution in [0.25, 0.3) is 22.2 Å². The Morgan fingerprint density at radius 1 is 0.833 bits per heavy atom. The zero-order chi connectivity index (χ0) is 30.9. The molecule has 0 saturated heterocycles. The van der Waals surface area contributed by atoms with Crippen LogP contribution in [0.1, 0.15) is 52.7 Å². The fraction of sp³-hybridized carbons (Fsp3) is 0.406. The highest BCUT2D eigenvalue weighted by atomic mass is 28.4. The number of fused-ring (bicyclic) bond motifs is 1. The van der Waals surface area contributed by atoms with E-state index in [1.807, 2.05) is 18.2 Å². The molecule has 0 atom stereocenters. The van der Waals surface area contributed by atoms with Gasteiger partial charge in [-0.3, -0.25) is 4.98 Å². The summed E-state index contributed by atoms with van der Waals surface area (Å²) in [6.07, 6.45) is -1.79. The Kier molecular flexibility index (Phi) is 8.71. The Morgan fingerprint density at radius 2 is 1.57 bits per heavy atom. The number of nitrogens with one attached hydrogen (secondary N) is 1. The summed E-state index contributed by atoms with van der Waals surface area (Å²) in [4.78, 5) is 12.7. The molecule has 0 aliphatic carbocycles. The molecule has 0 unspecified atom stereocenters. The van der Waals surface area contributed by atoms with Crippen LogP contribution in [0.2, 0.25) is 18.1 Å². The Morgan fingerprint density at radius 3 is 2.24 bits per heavy atom. The van der Waals surface area contributed by atoms with Crippen LogP contribution in [0, 0.1) is 0 Å². The highest BCUT2D eigenvalue weighted by Gasteiger charge is 2.37. The number of halogens is 3. The van der Waals surface area contributed by atoms with Crippen LogP contribution in [0.4, 0.5) is 24.7 Å². The molecule has 4 rings (SSSR count). The minimum atomic E-state index is -4.52. The van der Waals surface area contributed by atoms with E-state index in [9.17, 15) is 13.2 Å². The molecule has 0 fully saturated rings. The molecule has 0 aliphatic rings. The number of anilines is 2. The fourth-order valence-electron chi connectivity index (χ4n) is 4.31. The van der Waals surface area contributed by atoms with Gasteiger partial charge in [0, 0.05) is 28.9 Å². The van der Waals surface area contributed by atoms with E-state index < -0.39 is 20.1 Å². The van der Waals surface area contributed by atoms with Crippen molar-refractivity contribution in [3.8, 4) is 17.0 Å². The molecule has 0 spiro atoms. The number of rotatable bonds is 8. The summed E-state index contributed by atoms with van der Waals surface area (Å²) in [5.74, 6) is 1.28. The Hall–Kier alpha value is -3.50. The molecule has 224 valence electrons. The number of ether oxygens (including phenoxy) is 1. The second kappa shape index (κ2) is 11.6. The maximum absolute atomic E-state index is 13.6. The van der Waals surface area contributed by atoms with Crippen LogP contribution in [-0.2, 0) is 16.0 Å². The van der Waals surface area contributed by atoms with Gasteiger partial charge in [-0.15, -0.1) is 0 Å². The average Bonchev–Trinajstić information content (AvgIpc) is 2.89. The van der Waals surface area contributed by atoms with Crippen molar-refractivity contribution in [2.24, 2.45) is 0 Å². The minimum Gasteiger partial charge on any atom is -0.491 e. The van der Waals surface area contributed by atoms with Crippen LogP contribution < -0.4 is 10.1 Å². The molecule has 4 aromatic rings. The largest absolute Gasteiger partial charge is 0.491 e. The van der Waals surface area contributed by atoms with Crippen LogP contribution in [0.3, 0.4) is 0 Å². The molecule has 0 bridgehead atoms. The molecule has 0 saturated carbocycles. The van der Waals surface area contributed by atoms with E-state index in [2.05, 4.69) is 74.9 Å². The third-order valence-electron chi connectivity index (χ3n) is 7.69. The number of alkyl halides is 3. The standard InChI is InChI=1S/C32H39F3N4O2Si/c1-30(2,3)24-14-12-22(19-27(24)40-16-17-41-42(7,8)31(4,5)6)39-29-23-13-11-21(18-26(23)37-20-38-29)28-25(32(33,34)35)10-9-15-36-28/h9-15,18-20H,16-17H2,1-8H3,(H,37,38,39). The summed E-state index contributed by atoms with van der Waals surface area (Å²) in [7, 11) is -1.89. The first-order valence-electron chi connectivity index (χ1n) is 13.9. The van der Waals surface area contributed by atoms with Crippen LogP contribution in [0.15, 0.2) is 61.1 Å². The van der Waals surface area contributed by atoms with Crippen molar-refractivity contribution in [3.63, 3.8) is 0 Å². The fourth-order valence-corrected chi connectivity index (χ4v) is 5.34. The molecule has 6 nitrogen and oxygen atoms in total. The van der Waals surface area contributed by atoms with E-state index in [1.54, 1.807) is 18.2 Å². The summed E-state index contributed by atoms with van der Waals surface area (Å²) in [5.41, 5.74) is 1.56. The summed E-state index contributed by atoms with van der Waals surface area (Å²) in [6, 6.07) is 13.2. The van der Waals surface area contributed by atoms with Crippen molar-refractivity contribution in [3.05, 3.63) is 72.2 Å². The van der Waals surface area contributed by atoms with Crippen molar-refractivity contribution in [1.82, 2.24) is 15.0 Å². The predicted octanol–water partition coefficient (Wildman–Crippen LogP) is 9.15. The first kappa shape index (κ1) is 31.4. The normalized spacial score (nSPS) is 12.9. The van der Waals surface area contributed by atoms with Crippen molar-refractivity contribution < 1.29 is 22.3 Å². The van der Waals surface area contributed by atoms with Crippen LogP contribution >= 0.6 is 0 Å². The summed E-state index contributed by atoms with van der Waals surface area (Å²) in [6.45, 7) is 18.4. The van der Waals surface area contributed by atoms with Gasteiger partial charge in [0.1, 0.15) is 24.5 Å². The molecule has 2 heterocycles. The quantitative estimate of drug-likeness (QED) is 0.162. The Bertz CT molecular complexity index is 1560. The number of hydrogen-bond acceptors (Lipinski definition) is 6. The van der Waals surface area contributed by atoms with Crippen molar-refractivity contribution in [1.29, 1.82) is 0 Å². The van der Waals surface area contributed by atoms with E-state index in [-0.39, 0.29) is 16.1 Å². The van der Waals surface area contributed by atoms with E-state index in [0.29, 0.717) is 35.5 Å². The van der Waals surface area contributed by atoms with E-state index in [1.165, 1.54) is 18.6 Å². The summed E-state index contributed by atoms with van der Waals surface area (Å²) < 4.78 is 53.3. The SMILES string of the molecule is CC(C)(C)c1ccc(Nc2ncnc3cc(-c4ncccc4C(F)(F)F)ccc23)cc1OCCO[Si](C)(C)C(C)(C)C. The predicted molar refractivity (Wildman–Crippen MR) is 165 cm³/mol. The van der Waals surface area contributed by atoms with Gasteiger partial charge in [-0.05, 0) is 59.4 Å². The lowest BCUT2D eigenvalue weighted by Gasteiger charge is -2.36. The second-order valence-corrected chi connectivity index (χ2v) is 17.7. The van der Waals surface area contributed by atoms with Gasteiger partial charge >= 0.3 is 6.18 Å². The smallest absolute Gasteiger partial charge is 0.418 e. The molecule has 0 radical (unpaired) electrons. The van der Waals surface area contributed by atoms with Gasteiger partial charge in [0.05, 0.1) is 23.4 Å². The molecule has 2 aromatic heterocycles. The molecule has 2 aromatic carbocycles. The third-order valence-corrected chi connectivity index (χ3v) is 12.2. The summed E-state index contributed by atoms with van der Waals surface area (Å²) in [5, 5.41) is 4.12. The van der Waals surface area contributed by atoms with E-state index in [4.69, 9.17) is 9.16 Å². The number of pyridine rings is 1. The number of nitrogens with zero attached hydrogens (tertiary/aromatic N) is 3. The van der Waals surface area contributed by atoms with E-state index >= 15 is 0 Å². The zero-order valence-electron chi connectivity index (χ0n) is 25.5. The lowest BCUT2D eigenvalue weighted by molar-refractivity contribution is -0.137. The van der Waals surface area contributed by atoms with Crippen molar-refractivity contribution >= 4 is 30.7 Å². The van der Waals surface area contributed by atoms with Crippen LogP contribution in [0.5, 0.6) is 5.75 Å². The van der Waals surface area contributed by atoms with Gasteiger partial charge in [0.2, 0.25) is 0 Å².